The van der Waals surface area contributed by atoms with Crippen molar-refractivity contribution in [2.45, 2.75) is 163 Å². The summed E-state index contributed by atoms with van der Waals surface area (Å²) in [7, 11) is -8.50. The number of nitro benzene ring substituents is 1. The molecule has 3 aromatic carbocycles. The van der Waals surface area contributed by atoms with Crippen molar-refractivity contribution in [3.8, 4) is 29.4 Å². The predicted octanol–water partition coefficient (Wildman–Crippen LogP) is 5.52. The van der Waals surface area contributed by atoms with Crippen LogP contribution in [0.4, 0.5) is 17.3 Å². The monoisotopic (exact) mass is 1490 g/mol. The van der Waals surface area contributed by atoms with Gasteiger partial charge in [0.1, 0.15) is 108 Å². The first-order valence-electron chi connectivity index (χ1n) is 31.2. The molecule has 2 saturated heterocycles. The Morgan fingerprint density at radius 2 is 1.02 bits per heavy atom. The smallest absolute Gasteiger partial charge is 1.00 e. The molecule has 0 saturated carbocycles. The molecule has 2 fully saturated rings. The van der Waals surface area contributed by atoms with Gasteiger partial charge in [0.05, 0.1) is 36.1 Å². The van der Waals surface area contributed by atoms with Crippen LogP contribution in [-0.2, 0) is 42.2 Å². The summed E-state index contributed by atoms with van der Waals surface area (Å²) in [4.78, 5) is 43.1. The van der Waals surface area contributed by atoms with Crippen molar-refractivity contribution >= 4 is 78.8 Å². The maximum absolute atomic E-state index is 14.0. The van der Waals surface area contributed by atoms with Gasteiger partial charge in [0.2, 0.25) is 11.2 Å². The molecule has 0 amide bonds. The number of carbonyl (C=O) groups is 2. The number of anilines is 2. The minimum atomic E-state index is -4.41. The third-order valence-corrected chi connectivity index (χ3v) is 18.6. The molecule has 9 rings (SSSR count). The average Bonchev–Trinajstić information content (AvgIpc) is 1.60. The van der Waals surface area contributed by atoms with Crippen molar-refractivity contribution < 1.29 is 98.6 Å². The predicted molar refractivity (Wildman–Crippen MR) is 374 cm³/mol. The minimum absolute atomic E-state index is 0. The molecule has 2 unspecified atom stereocenters. The number of hydrogen-bond donors (Lipinski definition) is 9. The summed E-state index contributed by atoms with van der Waals surface area (Å²) in [5.74, 6) is 1.51. The molecular formula is C66H92ClMgN13O19P2. The van der Waals surface area contributed by atoms with Crippen LogP contribution < -0.4 is 47.6 Å². The Bertz CT molecular complexity index is 3930. The zero-order chi connectivity index (χ0) is 72.1. The molecule has 554 valence electrons. The number of rotatable bonds is 27. The molecular weight excluding hydrogens is 1400 g/mol. The summed E-state index contributed by atoms with van der Waals surface area (Å²) < 4.78 is 74.6. The van der Waals surface area contributed by atoms with E-state index in [-0.39, 0.29) is 110 Å². The molecule has 12 atom stereocenters. The fourth-order valence-corrected chi connectivity index (χ4v) is 12.6. The molecule has 6 heterocycles. The Hall–Kier alpha value is -7.66. The number of hydrogen-bond acceptors (Lipinski definition) is 27. The van der Waals surface area contributed by atoms with Gasteiger partial charge in [-0.3, -0.25) is 24.2 Å². The molecule has 36 heteroatoms. The Balaban J connectivity index is 0.000000520. The van der Waals surface area contributed by atoms with Crippen LogP contribution in [-0.4, -0.2) is 169 Å². The number of halogens is 1. The standard InChI is InChI=1S/C27H35N6O8P.C21H27N2O7P.C12H13N5O4.C4H9.2CH4.ClH.Mg/c1-4-18(5-2)13-38-26(36)17(3)32-42(37,41-19-9-7-6-8-10-19)39-15-27(14-28)24(35)22(34)23(40-27)20-11-12-21-25(29)30-16-31-33(20)21;1-4-17(5-2)15-28-21(24)16(3)22-31(27,29-19-9-7-6-8-10-19)30-20-13-11-18(12-14-20)23(25)26;13-3-12(4-18)10(20)8(19)9(21-12)6-1-2-7-11(14)15-5-16-17(6)7;1-4(2)3;;;;/h6-12,16-18,22-24,34-35H,4-5,13,15H2,1-3H3,(H,32,37)(H2,29,30,31);6-14,16-17H,4-5,15H2,1-3H3,(H,22,27);1-2,5,8-10,18-20H,4H2,(H2,14,15,16);1-3H3;2*1H4;1H;/q;;;-1;;;;+2/p-1/t17-,22-,23-,24-,27+,42?;16-,31?;8-,9-,10-,12+;;;;;/m000...../s1. The summed E-state index contributed by atoms with van der Waals surface area (Å²) in [6.07, 6.45) is -2.69. The van der Waals surface area contributed by atoms with E-state index >= 15 is 0 Å². The summed E-state index contributed by atoms with van der Waals surface area (Å²) in [6.45, 7) is 16.1. The van der Waals surface area contributed by atoms with Gasteiger partial charge in [-0.05, 0) is 86.3 Å². The van der Waals surface area contributed by atoms with Gasteiger partial charge >= 0.3 is 50.5 Å². The number of nitriles is 2. The maximum Gasteiger partial charge on any atom is 2.00 e. The van der Waals surface area contributed by atoms with E-state index in [4.69, 9.17) is 53.8 Å². The fourth-order valence-electron chi connectivity index (χ4n) is 9.59. The van der Waals surface area contributed by atoms with E-state index in [0.717, 1.165) is 25.7 Å². The summed E-state index contributed by atoms with van der Waals surface area (Å²) >= 11 is 0. The molecule has 0 bridgehead atoms. The number of aliphatic hydroxyl groups excluding tert-OH is 5. The van der Waals surface area contributed by atoms with Crippen molar-refractivity contribution in [3.63, 3.8) is 0 Å². The number of carbonyl (C=O) groups excluding carboxylic acids is 2. The zero-order valence-electron chi connectivity index (χ0n) is 56.6. The molecule has 11 N–H and O–H groups in total. The van der Waals surface area contributed by atoms with Gasteiger partial charge in [-0.25, -0.2) is 28.1 Å². The van der Waals surface area contributed by atoms with Crippen molar-refractivity contribution in [1.82, 2.24) is 39.4 Å². The Morgan fingerprint density at radius 1 is 0.657 bits per heavy atom. The van der Waals surface area contributed by atoms with Crippen molar-refractivity contribution in [1.29, 1.82) is 10.5 Å². The Labute approximate surface area is 615 Å². The van der Waals surface area contributed by atoms with E-state index in [1.165, 1.54) is 77.8 Å². The first kappa shape index (κ1) is 90.4. The normalized spacial score (nSPS) is 21.2. The number of nitrogens with one attached hydrogen (secondary N) is 2. The fraction of sp³-hybridized carbons (Fsp3) is 0.470. The van der Waals surface area contributed by atoms with E-state index in [1.54, 1.807) is 78.9 Å². The number of ether oxygens (including phenoxy) is 4. The second-order valence-electron chi connectivity index (χ2n) is 23.3. The molecule has 32 nitrogen and oxygen atoms in total. The van der Waals surface area contributed by atoms with Gasteiger partial charge in [0.25, 0.3) is 5.69 Å². The molecule has 0 aliphatic carbocycles. The van der Waals surface area contributed by atoms with Crippen molar-refractivity contribution in [3.05, 3.63) is 149 Å². The van der Waals surface area contributed by atoms with E-state index in [9.17, 15) is 59.6 Å². The van der Waals surface area contributed by atoms with Gasteiger partial charge in [-0.2, -0.15) is 51.7 Å². The molecule has 2 aliphatic heterocycles. The van der Waals surface area contributed by atoms with Crippen molar-refractivity contribution in [2.24, 2.45) is 11.8 Å². The SMILES string of the molecule is C.C.CCC(CC)COC(=O)[C@H](C)NP(=O)(OC[C@@]1(C#N)O[C@@H](c2ccc3c(N)ncnn23)[C@H](O)[C@@H]1O)Oc1ccccc1.CCC(CC)COC(=O)[C@H](C)NP(=O)(Oc1ccccc1)Oc1ccc([N+](=O)[O-])cc1.C[C-](C)C.N#C[C@]1(CO)O[C@@H](c2ccc3c(N)ncnn23)[C@H](O)[C@@H]1O.[Cl-].[Mg+2]. The molecule has 7 aromatic rings. The van der Waals surface area contributed by atoms with Crippen LogP contribution in [0, 0.1) is 50.5 Å². The first-order chi connectivity index (χ1) is 46.6. The van der Waals surface area contributed by atoms with Crippen LogP contribution in [0.3, 0.4) is 0 Å². The van der Waals surface area contributed by atoms with Crippen LogP contribution in [0.25, 0.3) is 11.0 Å². The molecule has 4 aromatic heterocycles. The van der Waals surface area contributed by atoms with Gasteiger partial charge in [0.15, 0.2) is 11.6 Å². The van der Waals surface area contributed by atoms with Crippen LogP contribution in [0.5, 0.6) is 17.2 Å². The largest absolute Gasteiger partial charge is 2.00 e. The van der Waals surface area contributed by atoms with Gasteiger partial charge in [-0.1, -0.05) is 105 Å². The van der Waals surface area contributed by atoms with Crippen LogP contribution >= 0.6 is 15.5 Å². The number of benzene rings is 3. The number of aliphatic hydroxyl groups is 5. The number of nitrogens with two attached hydrogens (primary N) is 2. The number of fused-ring (bicyclic) bond motifs is 2. The molecule has 102 heavy (non-hydrogen) atoms. The van der Waals surface area contributed by atoms with Crippen LogP contribution in [0.2, 0.25) is 0 Å². The second-order valence-corrected chi connectivity index (χ2v) is 26.6. The average molecular weight is 1490 g/mol. The number of aromatic nitrogens is 6. The number of nitro groups is 1. The van der Waals surface area contributed by atoms with Gasteiger partial charge in [-0.15, -0.1) is 0 Å². The van der Waals surface area contributed by atoms with E-state index in [1.807, 2.05) is 33.8 Å². The molecule has 0 spiro atoms. The summed E-state index contributed by atoms with van der Waals surface area (Å²) in [6, 6.07) is 29.3. The third-order valence-electron chi connectivity index (χ3n) is 15.4. The number of nitrogen functional groups attached to an aromatic ring is 2. The van der Waals surface area contributed by atoms with Crippen LogP contribution in [0.15, 0.2) is 122 Å². The zero-order valence-corrected chi connectivity index (χ0v) is 60.5. The molecule has 2 aliphatic rings. The maximum atomic E-state index is 14.0. The second kappa shape index (κ2) is 41.6. The number of nitrogens with zero attached hydrogens (tertiary/aromatic N) is 9. The van der Waals surface area contributed by atoms with Gasteiger partial charge in [0, 0.05) is 12.1 Å². The topological polar surface area (TPSA) is 470 Å². The van der Waals surface area contributed by atoms with E-state index in [0.29, 0.717) is 22.4 Å². The quantitative estimate of drug-likeness (QED) is 0.00764. The number of para-hydroxylation sites is 2. The molecule has 0 radical (unpaired) electrons. The van der Waals surface area contributed by atoms with Gasteiger partial charge < -0.3 is 87.8 Å². The first-order valence-corrected chi connectivity index (χ1v) is 34.3. The van der Waals surface area contributed by atoms with E-state index in [2.05, 4.69) is 51.1 Å². The number of esters is 2. The van der Waals surface area contributed by atoms with Crippen molar-refractivity contribution in [2.75, 3.05) is 37.9 Å². The summed E-state index contributed by atoms with van der Waals surface area (Å²) in [5, 5.41) is 94.6. The Kier molecular flexibility index (Phi) is 36.9. The van der Waals surface area contributed by atoms with E-state index < -0.39 is 105 Å². The third kappa shape index (κ3) is 23.4. The minimum Gasteiger partial charge on any atom is -1.00 e. The number of non-ortho nitro benzene ring substituents is 1. The summed E-state index contributed by atoms with van der Waals surface area (Å²) in [5.41, 5.74) is 9.06. The van der Waals surface area contributed by atoms with Crippen LogP contribution in [0.1, 0.15) is 126 Å². The Morgan fingerprint density at radius 3 is 1.38 bits per heavy atom.